The molecule has 13 heavy (non-hydrogen) atoms. The van der Waals surface area contributed by atoms with E-state index in [0.29, 0.717) is 16.6 Å². The van der Waals surface area contributed by atoms with Crippen molar-refractivity contribution in [1.82, 2.24) is 0 Å². The normalized spacial score (nSPS) is 9.77. The third kappa shape index (κ3) is 2.67. The van der Waals surface area contributed by atoms with E-state index in [-0.39, 0.29) is 5.78 Å². The van der Waals surface area contributed by atoms with Crippen molar-refractivity contribution in [2.24, 2.45) is 0 Å². The fraction of sp³-hybridized carbons (Fsp3) is 0.222. The van der Waals surface area contributed by atoms with Gasteiger partial charge >= 0.3 is 0 Å². The molecule has 0 aliphatic rings. The molecular weight excluding hydrogens is 347 g/mol. The Morgan fingerprint density at radius 2 is 2.31 bits per heavy atom. The van der Waals surface area contributed by atoms with E-state index in [9.17, 15) is 4.79 Å². The molecule has 0 aliphatic carbocycles. The highest BCUT2D eigenvalue weighted by atomic mass is 127. The van der Waals surface area contributed by atoms with Gasteiger partial charge in [-0.25, -0.2) is 0 Å². The van der Waals surface area contributed by atoms with Gasteiger partial charge in [-0.1, -0.05) is 15.9 Å². The van der Waals surface area contributed by atoms with Crippen molar-refractivity contribution in [1.29, 1.82) is 0 Å². The highest BCUT2D eigenvalue weighted by molar-refractivity contribution is 14.1. The highest BCUT2D eigenvalue weighted by Crippen LogP contribution is 2.21. The van der Waals surface area contributed by atoms with Crippen LogP contribution in [0.25, 0.3) is 0 Å². The molecule has 0 unspecified atom stereocenters. The number of rotatable bonds is 3. The fourth-order valence-corrected chi connectivity index (χ4v) is 1.76. The number of benzene rings is 1. The first-order chi connectivity index (χ1) is 6.19. The summed E-state index contributed by atoms with van der Waals surface area (Å²) in [5.74, 6) is 0.667. The zero-order valence-corrected chi connectivity index (χ0v) is 10.8. The third-order valence-electron chi connectivity index (χ3n) is 1.58. The maximum Gasteiger partial charge on any atom is 0.177 e. The molecule has 1 aromatic carbocycles. The van der Waals surface area contributed by atoms with Crippen LogP contribution in [0.4, 0.5) is 0 Å². The summed E-state index contributed by atoms with van der Waals surface area (Å²) in [6.07, 6.45) is 0. The maximum atomic E-state index is 11.4. The van der Waals surface area contributed by atoms with Gasteiger partial charge in [0.2, 0.25) is 0 Å². The Morgan fingerprint density at radius 3 is 2.85 bits per heavy atom. The molecule has 0 atom stereocenters. The predicted octanol–water partition coefficient (Wildman–Crippen LogP) is 2.88. The number of ketones is 1. The van der Waals surface area contributed by atoms with E-state index in [1.165, 1.54) is 0 Å². The number of alkyl halides is 1. The van der Waals surface area contributed by atoms with Gasteiger partial charge in [-0.3, -0.25) is 4.79 Å². The summed E-state index contributed by atoms with van der Waals surface area (Å²) in [5, 5.41) is 0.323. The Kier molecular flexibility index (Phi) is 4.18. The van der Waals surface area contributed by atoms with Crippen molar-refractivity contribution in [3.8, 4) is 5.75 Å². The highest BCUT2D eigenvalue weighted by Gasteiger charge is 2.10. The van der Waals surface area contributed by atoms with Crippen LogP contribution in [0.5, 0.6) is 5.75 Å². The number of hydrogen-bond acceptors (Lipinski definition) is 2. The molecule has 0 saturated heterocycles. The molecule has 4 heteroatoms. The molecule has 0 aromatic heterocycles. The van der Waals surface area contributed by atoms with Gasteiger partial charge in [-0.2, -0.15) is 0 Å². The first-order valence-electron chi connectivity index (χ1n) is 3.61. The molecule has 0 heterocycles. The minimum atomic E-state index is 0.0374. The van der Waals surface area contributed by atoms with E-state index in [1.807, 2.05) is 12.1 Å². The molecule has 0 amide bonds. The molecule has 0 saturated carbocycles. The van der Waals surface area contributed by atoms with Gasteiger partial charge in [0.15, 0.2) is 5.78 Å². The van der Waals surface area contributed by atoms with Crippen LogP contribution in [-0.4, -0.2) is 18.2 Å². The lowest BCUT2D eigenvalue weighted by Gasteiger charge is -2.05. The largest absolute Gasteiger partial charge is 0.496 e. The Hall–Kier alpha value is -0.100. The van der Waals surface area contributed by atoms with Crippen molar-refractivity contribution in [3.05, 3.63) is 27.3 Å². The van der Waals surface area contributed by atoms with E-state index in [4.69, 9.17) is 4.74 Å². The minimum absolute atomic E-state index is 0.0374. The van der Waals surface area contributed by atoms with E-state index < -0.39 is 0 Å². The monoisotopic (exact) mass is 354 g/mol. The van der Waals surface area contributed by atoms with Crippen molar-refractivity contribution >= 4 is 44.3 Å². The van der Waals surface area contributed by atoms with Crippen LogP contribution in [0, 0.1) is 3.57 Å². The van der Waals surface area contributed by atoms with Crippen LogP contribution < -0.4 is 4.74 Å². The first-order valence-corrected chi connectivity index (χ1v) is 5.81. The molecule has 0 radical (unpaired) electrons. The van der Waals surface area contributed by atoms with Crippen molar-refractivity contribution in [3.63, 3.8) is 0 Å². The number of Topliss-reactive ketones (excluding diaryl/α,β-unsaturated/α-hetero) is 1. The van der Waals surface area contributed by atoms with Gasteiger partial charge in [-0.05, 0) is 40.8 Å². The fourth-order valence-electron chi connectivity index (χ4n) is 0.970. The Bertz CT molecular complexity index is 325. The van der Waals surface area contributed by atoms with Crippen LogP contribution in [0.15, 0.2) is 18.2 Å². The lowest BCUT2D eigenvalue weighted by molar-refractivity contribution is 0.102. The zero-order valence-electron chi connectivity index (χ0n) is 7.01. The SMILES string of the molecule is COc1ccc(I)cc1C(=O)CBr. The summed E-state index contributed by atoms with van der Waals surface area (Å²) in [7, 11) is 1.56. The lowest BCUT2D eigenvalue weighted by Crippen LogP contribution is -2.03. The second-order valence-corrected chi connectivity index (χ2v) is 4.21. The molecule has 70 valence electrons. The number of methoxy groups -OCH3 is 1. The summed E-state index contributed by atoms with van der Waals surface area (Å²) in [6, 6.07) is 5.53. The molecule has 0 spiro atoms. The van der Waals surface area contributed by atoms with E-state index in [0.717, 1.165) is 3.57 Å². The van der Waals surface area contributed by atoms with Crippen LogP contribution in [-0.2, 0) is 0 Å². The molecule has 1 rings (SSSR count). The van der Waals surface area contributed by atoms with Gasteiger partial charge in [0, 0.05) is 3.57 Å². The van der Waals surface area contributed by atoms with E-state index in [2.05, 4.69) is 38.5 Å². The number of ether oxygens (including phenoxy) is 1. The van der Waals surface area contributed by atoms with Gasteiger partial charge in [0.05, 0.1) is 18.0 Å². The Morgan fingerprint density at radius 1 is 1.62 bits per heavy atom. The predicted molar refractivity (Wildman–Crippen MR) is 63.8 cm³/mol. The van der Waals surface area contributed by atoms with Crippen LogP contribution >= 0.6 is 38.5 Å². The van der Waals surface area contributed by atoms with Crippen molar-refractivity contribution in [2.75, 3.05) is 12.4 Å². The number of carbonyl (C=O) groups is 1. The van der Waals surface area contributed by atoms with Gasteiger partial charge in [0.1, 0.15) is 5.75 Å². The summed E-state index contributed by atoms with van der Waals surface area (Å²) in [4.78, 5) is 11.4. The molecule has 0 aliphatic heterocycles. The maximum absolute atomic E-state index is 11.4. The zero-order chi connectivity index (χ0) is 9.84. The average molecular weight is 355 g/mol. The van der Waals surface area contributed by atoms with E-state index >= 15 is 0 Å². The smallest absolute Gasteiger partial charge is 0.177 e. The van der Waals surface area contributed by atoms with Gasteiger partial charge < -0.3 is 4.74 Å². The summed E-state index contributed by atoms with van der Waals surface area (Å²) in [6.45, 7) is 0. The quantitative estimate of drug-likeness (QED) is 0.474. The first kappa shape index (κ1) is 11.0. The molecular formula is C9H8BrIO2. The minimum Gasteiger partial charge on any atom is -0.496 e. The second-order valence-electron chi connectivity index (χ2n) is 2.40. The summed E-state index contributed by atoms with van der Waals surface area (Å²) < 4.78 is 6.11. The molecule has 0 fully saturated rings. The third-order valence-corrected chi connectivity index (χ3v) is 2.76. The van der Waals surface area contributed by atoms with Gasteiger partial charge in [0.25, 0.3) is 0 Å². The van der Waals surface area contributed by atoms with Crippen molar-refractivity contribution in [2.45, 2.75) is 0 Å². The van der Waals surface area contributed by atoms with Crippen molar-refractivity contribution < 1.29 is 9.53 Å². The van der Waals surface area contributed by atoms with Gasteiger partial charge in [-0.15, -0.1) is 0 Å². The standard InChI is InChI=1S/C9H8BrIO2/c1-13-9-3-2-6(11)4-7(9)8(12)5-10/h2-4H,5H2,1H3. The van der Waals surface area contributed by atoms with Crippen LogP contribution in [0.2, 0.25) is 0 Å². The summed E-state index contributed by atoms with van der Waals surface area (Å²) in [5.41, 5.74) is 0.631. The molecule has 2 nitrogen and oxygen atoms in total. The molecule has 0 N–H and O–H groups in total. The van der Waals surface area contributed by atoms with Crippen LogP contribution in [0.3, 0.4) is 0 Å². The molecule has 1 aromatic rings. The Labute approximate surface area is 98.9 Å². The lowest BCUT2D eigenvalue weighted by atomic mass is 10.1. The number of halogens is 2. The van der Waals surface area contributed by atoms with Crippen LogP contribution in [0.1, 0.15) is 10.4 Å². The molecule has 0 bridgehead atoms. The number of carbonyl (C=O) groups excluding carboxylic acids is 1. The van der Waals surface area contributed by atoms with E-state index in [1.54, 1.807) is 13.2 Å². The topological polar surface area (TPSA) is 26.3 Å². The summed E-state index contributed by atoms with van der Waals surface area (Å²) >= 11 is 5.30. The second kappa shape index (κ2) is 4.95. The number of hydrogen-bond donors (Lipinski definition) is 0. The average Bonchev–Trinajstić information content (AvgIpc) is 2.16. The Balaban J connectivity index is 3.15.